The number of amidine groups is 1. The Balaban J connectivity index is 1.77. The minimum atomic E-state index is -0.128. The molecule has 0 aliphatic carbocycles. The maximum atomic E-state index is 6.63. The van der Waals surface area contributed by atoms with E-state index in [1.165, 1.54) is 12.8 Å². The van der Waals surface area contributed by atoms with E-state index < -0.39 is 0 Å². The molecule has 0 spiro atoms. The number of hydrogen-bond donors (Lipinski definition) is 0. The van der Waals surface area contributed by atoms with Crippen LogP contribution in [0.5, 0.6) is 0 Å². The minimum absolute atomic E-state index is 0.0830. The van der Waals surface area contributed by atoms with Crippen molar-refractivity contribution in [3.8, 4) is 0 Å². The number of benzene rings is 2. The third-order valence-corrected chi connectivity index (χ3v) is 8.03. The van der Waals surface area contributed by atoms with Crippen molar-refractivity contribution in [2.45, 2.75) is 64.5 Å². The second-order valence-electron chi connectivity index (χ2n) is 8.37. The SMILES string of the molecule is CCCCC(C)c1nnc(C2N=C(c3ccc(Cl)cc3Cl)N(c3ccc(Cl)cc3)C2CC)s1. The molecule has 2 aromatic carbocycles. The number of unbranched alkanes of at least 4 members (excludes halogenated alkanes) is 1. The minimum Gasteiger partial charge on any atom is -0.320 e. The van der Waals surface area contributed by atoms with Crippen molar-refractivity contribution in [3.63, 3.8) is 0 Å². The van der Waals surface area contributed by atoms with Crippen LogP contribution >= 0.6 is 46.1 Å². The van der Waals surface area contributed by atoms with Gasteiger partial charge in [-0.05, 0) is 55.3 Å². The Hall–Kier alpha value is -1.66. The molecule has 0 saturated heterocycles. The molecule has 0 bridgehead atoms. The van der Waals surface area contributed by atoms with E-state index in [1.54, 1.807) is 17.4 Å². The fraction of sp³-hybridized carbons (Fsp3) is 0.400. The van der Waals surface area contributed by atoms with E-state index in [9.17, 15) is 0 Å². The van der Waals surface area contributed by atoms with Gasteiger partial charge in [0.25, 0.3) is 0 Å². The Bertz CT molecular complexity index is 1130. The summed E-state index contributed by atoms with van der Waals surface area (Å²) in [6, 6.07) is 13.3. The maximum absolute atomic E-state index is 6.63. The van der Waals surface area contributed by atoms with Crippen molar-refractivity contribution >= 4 is 57.7 Å². The van der Waals surface area contributed by atoms with Crippen LogP contribution in [-0.4, -0.2) is 22.1 Å². The Morgan fingerprint density at radius 1 is 1.00 bits per heavy atom. The molecule has 2 heterocycles. The highest BCUT2D eigenvalue weighted by Crippen LogP contribution is 2.41. The summed E-state index contributed by atoms with van der Waals surface area (Å²) in [4.78, 5) is 7.42. The summed E-state index contributed by atoms with van der Waals surface area (Å²) >= 11 is 20.7. The summed E-state index contributed by atoms with van der Waals surface area (Å²) in [7, 11) is 0. The lowest BCUT2D eigenvalue weighted by Gasteiger charge is -2.29. The van der Waals surface area contributed by atoms with E-state index >= 15 is 0 Å². The van der Waals surface area contributed by atoms with Crippen molar-refractivity contribution in [1.29, 1.82) is 0 Å². The predicted molar refractivity (Wildman–Crippen MR) is 142 cm³/mol. The van der Waals surface area contributed by atoms with Crippen molar-refractivity contribution in [2.75, 3.05) is 4.90 Å². The number of anilines is 1. The third kappa shape index (κ3) is 5.22. The van der Waals surface area contributed by atoms with Gasteiger partial charge in [0.15, 0.2) is 0 Å². The smallest absolute Gasteiger partial charge is 0.144 e. The van der Waals surface area contributed by atoms with Gasteiger partial charge in [-0.1, -0.05) is 79.8 Å². The highest BCUT2D eigenvalue weighted by Gasteiger charge is 2.40. The zero-order valence-corrected chi connectivity index (χ0v) is 22.0. The number of nitrogens with zero attached hydrogens (tertiary/aromatic N) is 4. The van der Waals surface area contributed by atoms with Gasteiger partial charge < -0.3 is 4.90 Å². The lowest BCUT2D eigenvalue weighted by atomic mass is 10.0. The first kappa shape index (κ1) is 24.5. The summed E-state index contributed by atoms with van der Waals surface area (Å²) in [6.45, 7) is 6.62. The molecule has 3 unspecified atom stereocenters. The van der Waals surface area contributed by atoms with E-state index in [1.807, 2.05) is 36.4 Å². The first-order valence-electron chi connectivity index (χ1n) is 11.3. The first-order chi connectivity index (χ1) is 15.9. The monoisotopic (exact) mass is 520 g/mol. The number of aromatic nitrogens is 2. The third-order valence-electron chi connectivity index (χ3n) is 6.00. The molecule has 0 radical (unpaired) electrons. The van der Waals surface area contributed by atoms with Crippen LogP contribution in [0.15, 0.2) is 47.5 Å². The predicted octanol–water partition coefficient (Wildman–Crippen LogP) is 8.58. The maximum Gasteiger partial charge on any atom is 0.144 e. The molecule has 33 heavy (non-hydrogen) atoms. The van der Waals surface area contributed by atoms with Gasteiger partial charge >= 0.3 is 0 Å². The van der Waals surface area contributed by atoms with Crippen LogP contribution in [0, 0.1) is 0 Å². The van der Waals surface area contributed by atoms with Crippen LogP contribution in [0.4, 0.5) is 5.69 Å². The van der Waals surface area contributed by atoms with Crippen LogP contribution in [0.1, 0.15) is 74.0 Å². The second kappa shape index (κ2) is 10.7. The summed E-state index contributed by atoms with van der Waals surface area (Å²) < 4.78 is 0. The lowest BCUT2D eigenvalue weighted by molar-refractivity contribution is 0.557. The molecule has 1 aliphatic heterocycles. The topological polar surface area (TPSA) is 41.4 Å². The molecule has 4 rings (SSSR count). The number of rotatable bonds is 8. The number of halogens is 3. The van der Waals surface area contributed by atoms with Gasteiger partial charge in [0.1, 0.15) is 21.9 Å². The van der Waals surface area contributed by atoms with Gasteiger partial charge in [-0.25, -0.2) is 0 Å². The van der Waals surface area contributed by atoms with Gasteiger partial charge in [-0.2, -0.15) is 0 Å². The van der Waals surface area contributed by atoms with E-state index in [-0.39, 0.29) is 12.1 Å². The molecule has 4 nitrogen and oxygen atoms in total. The number of aliphatic imine (C=N–C) groups is 1. The summed E-state index contributed by atoms with van der Waals surface area (Å²) in [5, 5.41) is 13.0. The molecule has 8 heteroatoms. The van der Waals surface area contributed by atoms with E-state index in [2.05, 4.69) is 35.9 Å². The van der Waals surface area contributed by atoms with Crippen LogP contribution in [0.25, 0.3) is 0 Å². The molecule has 0 amide bonds. The molecule has 174 valence electrons. The lowest BCUT2D eigenvalue weighted by Crippen LogP contribution is -2.37. The van der Waals surface area contributed by atoms with Crippen LogP contribution in [0.3, 0.4) is 0 Å². The molecule has 3 aromatic rings. The van der Waals surface area contributed by atoms with E-state index in [0.717, 1.165) is 39.9 Å². The molecule has 1 aliphatic rings. The molecule has 1 aromatic heterocycles. The van der Waals surface area contributed by atoms with Crippen LogP contribution < -0.4 is 4.90 Å². The average Bonchev–Trinajstić information content (AvgIpc) is 3.43. The zero-order valence-electron chi connectivity index (χ0n) is 18.9. The number of hydrogen-bond acceptors (Lipinski definition) is 5. The molecule has 0 saturated carbocycles. The van der Waals surface area contributed by atoms with Crippen molar-refractivity contribution < 1.29 is 0 Å². The normalized spacial score (nSPS) is 19.1. The average molecular weight is 522 g/mol. The molecular formula is C25H27Cl3N4S. The van der Waals surface area contributed by atoms with Gasteiger partial charge in [-0.3, -0.25) is 4.99 Å². The fourth-order valence-corrected chi connectivity index (χ4v) is 5.83. The van der Waals surface area contributed by atoms with Gasteiger partial charge in [0.2, 0.25) is 0 Å². The van der Waals surface area contributed by atoms with Crippen LogP contribution in [-0.2, 0) is 0 Å². The van der Waals surface area contributed by atoms with Crippen LogP contribution in [0.2, 0.25) is 15.1 Å². The molecule has 3 atom stereocenters. The standard InChI is InChI=1S/C25H27Cl3N4S/c1-4-6-7-15(3)24-30-31-25(33-24)22-21(5-2)32(18-11-8-16(26)9-12-18)23(29-22)19-13-10-17(27)14-20(19)28/h8-15,21-22H,4-7H2,1-3H3. The molecule has 0 N–H and O–H groups in total. The highest BCUT2D eigenvalue weighted by molar-refractivity contribution is 7.11. The Morgan fingerprint density at radius 2 is 1.73 bits per heavy atom. The van der Waals surface area contributed by atoms with Gasteiger partial charge in [0.05, 0.1) is 11.1 Å². The quantitative estimate of drug-likeness (QED) is 0.298. The summed E-state index contributed by atoms with van der Waals surface area (Å²) in [6.07, 6.45) is 4.38. The van der Waals surface area contributed by atoms with Crippen molar-refractivity contribution in [3.05, 3.63) is 73.1 Å². The Labute approximate surface area is 214 Å². The first-order valence-corrected chi connectivity index (χ1v) is 13.3. The Morgan fingerprint density at radius 3 is 2.39 bits per heavy atom. The van der Waals surface area contributed by atoms with Crippen molar-refractivity contribution in [1.82, 2.24) is 10.2 Å². The van der Waals surface area contributed by atoms with E-state index in [4.69, 9.17) is 39.8 Å². The van der Waals surface area contributed by atoms with E-state index in [0.29, 0.717) is 21.0 Å². The molecular weight excluding hydrogens is 495 g/mol. The van der Waals surface area contributed by atoms with Crippen molar-refractivity contribution in [2.24, 2.45) is 4.99 Å². The van der Waals surface area contributed by atoms with Gasteiger partial charge in [0, 0.05) is 27.2 Å². The van der Waals surface area contributed by atoms with Gasteiger partial charge in [-0.15, -0.1) is 10.2 Å². The summed E-state index contributed by atoms with van der Waals surface area (Å²) in [5.74, 6) is 1.21. The largest absolute Gasteiger partial charge is 0.320 e. The zero-order chi connectivity index (χ0) is 23.5. The highest BCUT2D eigenvalue weighted by atomic mass is 35.5. The Kier molecular flexibility index (Phi) is 7.95. The summed E-state index contributed by atoms with van der Waals surface area (Å²) in [5.41, 5.74) is 1.86. The molecule has 0 fully saturated rings. The fourth-order valence-electron chi connectivity index (χ4n) is 4.19. The second-order valence-corrected chi connectivity index (χ2v) is 10.7.